The molecular formula is C34H32N12O3. The van der Waals surface area contributed by atoms with E-state index in [9.17, 15) is 24.9 Å². The van der Waals surface area contributed by atoms with Crippen molar-refractivity contribution in [2.24, 2.45) is 17.6 Å². The van der Waals surface area contributed by atoms with E-state index >= 15 is 0 Å². The first-order valence-electron chi connectivity index (χ1n) is 15.7. The van der Waals surface area contributed by atoms with Crippen LogP contribution in [0.25, 0.3) is 0 Å². The van der Waals surface area contributed by atoms with Crippen molar-refractivity contribution in [1.29, 1.82) is 15.8 Å². The van der Waals surface area contributed by atoms with Crippen LogP contribution < -0.4 is 27.2 Å². The number of nitrogens with zero attached hydrogens (tertiary/aromatic N) is 7. The highest BCUT2D eigenvalue weighted by molar-refractivity contribution is 6.02. The Bertz CT molecular complexity index is 2000. The number of hydrazine groups is 1. The monoisotopic (exact) mass is 656 g/mol. The molecule has 2 aromatic heterocycles. The maximum absolute atomic E-state index is 13.4. The highest BCUT2D eigenvalue weighted by Gasteiger charge is 2.35. The summed E-state index contributed by atoms with van der Waals surface area (Å²) in [6, 6.07) is 19.0. The third kappa shape index (κ3) is 7.50. The SMILES string of the molecule is N#CCC(C1CC1)n1cc(C(N)=O)c(Nc2ccc(C(=O)NNC(=O)c3cn(C(CC#N)C4CC4)nc3Nc3ccc(C#N)cc3)cc2)n1. The first-order valence-corrected chi connectivity index (χ1v) is 15.7. The van der Waals surface area contributed by atoms with Gasteiger partial charge in [0.15, 0.2) is 11.6 Å². The lowest BCUT2D eigenvalue weighted by Crippen LogP contribution is -2.41. The van der Waals surface area contributed by atoms with E-state index in [0.29, 0.717) is 22.9 Å². The van der Waals surface area contributed by atoms with E-state index in [-0.39, 0.29) is 59.2 Å². The molecule has 0 spiro atoms. The molecule has 2 aliphatic rings. The maximum atomic E-state index is 13.4. The van der Waals surface area contributed by atoms with Gasteiger partial charge in [0.2, 0.25) is 0 Å². The van der Waals surface area contributed by atoms with Gasteiger partial charge in [0.25, 0.3) is 17.7 Å². The Balaban J connectivity index is 1.13. The fourth-order valence-electron chi connectivity index (χ4n) is 5.62. The zero-order valence-electron chi connectivity index (χ0n) is 26.3. The van der Waals surface area contributed by atoms with E-state index in [4.69, 9.17) is 11.0 Å². The Morgan fingerprint density at radius 2 is 1.20 bits per heavy atom. The number of amides is 3. The van der Waals surface area contributed by atoms with E-state index in [0.717, 1.165) is 25.7 Å². The quantitative estimate of drug-likeness (QED) is 0.128. The van der Waals surface area contributed by atoms with Crippen LogP contribution >= 0.6 is 0 Å². The van der Waals surface area contributed by atoms with Crippen LogP contribution in [0.4, 0.5) is 23.0 Å². The van der Waals surface area contributed by atoms with Crippen molar-refractivity contribution in [3.05, 3.63) is 83.2 Å². The number of carbonyl (C=O) groups excluding carboxylic acids is 3. The highest BCUT2D eigenvalue weighted by Crippen LogP contribution is 2.42. The molecule has 0 radical (unpaired) electrons. The normalized spacial score (nSPS) is 14.7. The van der Waals surface area contributed by atoms with Crippen molar-refractivity contribution < 1.29 is 14.4 Å². The molecule has 6 rings (SSSR count). The summed E-state index contributed by atoms with van der Waals surface area (Å²) in [6.45, 7) is 0. The molecule has 6 N–H and O–H groups in total. The van der Waals surface area contributed by atoms with Crippen LogP contribution in [0.1, 0.15) is 87.2 Å². The lowest BCUT2D eigenvalue weighted by atomic mass is 10.1. The summed E-state index contributed by atoms with van der Waals surface area (Å²) in [4.78, 5) is 38.5. The molecule has 2 aromatic carbocycles. The van der Waals surface area contributed by atoms with Gasteiger partial charge in [-0.25, -0.2) is 0 Å². The summed E-state index contributed by atoms with van der Waals surface area (Å²) in [7, 11) is 0. The minimum Gasteiger partial charge on any atom is -0.365 e. The molecule has 2 saturated carbocycles. The summed E-state index contributed by atoms with van der Waals surface area (Å²) >= 11 is 0. The second-order valence-corrected chi connectivity index (χ2v) is 12.1. The van der Waals surface area contributed by atoms with Crippen molar-refractivity contribution >= 4 is 40.7 Å². The molecular weight excluding hydrogens is 624 g/mol. The van der Waals surface area contributed by atoms with E-state index in [1.807, 2.05) is 0 Å². The number of primary amides is 1. The summed E-state index contributed by atoms with van der Waals surface area (Å²) in [5.74, 6) is -0.792. The molecule has 3 amide bonds. The highest BCUT2D eigenvalue weighted by atomic mass is 16.2. The molecule has 2 heterocycles. The Labute approximate surface area is 281 Å². The van der Waals surface area contributed by atoms with Crippen molar-refractivity contribution in [2.75, 3.05) is 10.6 Å². The minimum atomic E-state index is -0.666. The summed E-state index contributed by atoms with van der Waals surface area (Å²) in [6.07, 6.45) is 7.54. The van der Waals surface area contributed by atoms with Crippen LogP contribution in [0.5, 0.6) is 0 Å². The molecule has 2 aliphatic carbocycles. The molecule has 2 fully saturated rings. The fraction of sp³-hybridized carbons (Fsp3) is 0.294. The van der Waals surface area contributed by atoms with Crippen LogP contribution in [0, 0.1) is 45.8 Å². The number of carbonyl (C=O) groups is 3. The Kier molecular flexibility index (Phi) is 9.22. The van der Waals surface area contributed by atoms with Crippen LogP contribution in [-0.4, -0.2) is 37.3 Å². The Hall–Kier alpha value is -6.66. The van der Waals surface area contributed by atoms with Crippen LogP contribution in [0.15, 0.2) is 60.9 Å². The number of aromatic nitrogens is 4. The number of hydrogen-bond acceptors (Lipinski definition) is 10. The Morgan fingerprint density at radius 3 is 1.67 bits per heavy atom. The van der Waals surface area contributed by atoms with Crippen molar-refractivity contribution in [3.63, 3.8) is 0 Å². The average molecular weight is 657 g/mol. The standard InChI is InChI=1S/C34H32N12O3/c35-15-13-28(21-3-4-21)45-18-26(30(38)47)31(43-45)39-25-11-7-23(8-12-25)33(48)41-42-34(49)27-19-46(29(14-16-36)22-5-6-22)44-32(27)40-24-9-1-20(17-37)2-10-24/h1-2,7-12,18-19,21-22,28-29H,3-6,13-14H2,(H2,38,47)(H,39,43)(H,40,44)(H,41,48)(H,42,49). The molecule has 0 saturated heterocycles. The first kappa shape index (κ1) is 32.3. The molecule has 4 aromatic rings. The number of nitrogens with two attached hydrogens (primary N) is 1. The van der Waals surface area contributed by atoms with Gasteiger partial charge in [-0.15, -0.1) is 0 Å². The summed E-state index contributed by atoms with van der Waals surface area (Å²) < 4.78 is 3.25. The molecule has 0 bridgehead atoms. The molecule has 0 aliphatic heterocycles. The second kappa shape index (κ2) is 14.0. The zero-order chi connectivity index (χ0) is 34.5. The topological polar surface area (TPSA) is 232 Å². The fourth-order valence-corrected chi connectivity index (χ4v) is 5.62. The van der Waals surface area contributed by atoms with Gasteiger partial charge in [0.1, 0.15) is 11.1 Å². The minimum absolute atomic E-state index is 0.144. The summed E-state index contributed by atoms with van der Waals surface area (Å²) in [5, 5.41) is 43.0. The summed E-state index contributed by atoms with van der Waals surface area (Å²) in [5.41, 5.74) is 12.6. The number of hydrogen-bond donors (Lipinski definition) is 5. The largest absolute Gasteiger partial charge is 0.365 e. The predicted molar refractivity (Wildman–Crippen MR) is 176 cm³/mol. The molecule has 246 valence electrons. The van der Waals surface area contributed by atoms with Crippen LogP contribution in [0.3, 0.4) is 0 Å². The lowest BCUT2D eigenvalue weighted by molar-refractivity contribution is 0.0847. The molecule has 15 heteroatoms. The number of anilines is 4. The molecule has 49 heavy (non-hydrogen) atoms. The van der Waals surface area contributed by atoms with Gasteiger partial charge in [0, 0.05) is 29.3 Å². The Morgan fingerprint density at radius 1 is 0.735 bits per heavy atom. The van der Waals surface area contributed by atoms with Crippen molar-refractivity contribution in [2.45, 2.75) is 50.6 Å². The molecule has 2 atom stereocenters. The average Bonchev–Trinajstić information content (AvgIpc) is 4.04. The lowest BCUT2D eigenvalue weighted by Gasteiger charge is -2.13. The molecule has 2 unspecified atom stereocenters. The number of benzene rings is 2. The van der Waals surface area contributed by atoms with Crippen LogP contribution in [0.2, 0.25) is 0 Å². The van der Waals surface area contributed by atoms with Crippen molar-refractivity contribution in [1.82, 2.24) is 30.4 Å². The van der Waals surface area contributed by atoms with Gasteiger partial charge in [-0.2, -0.15) is 26.0 Å². The third-order valence-electron chi connectivity index (χ3n) is 8.56. The predicted octanol–water partition coefficient (Wildman–Crippen LogP) is 4.34. The van der Waals surface area contributed by atoms with Gasteiger partial charge in [-0.3, -0.25) is 34.6 Å². The number of nitrogens with one attached hydrogen (secondary N) is 4. The number of rotatable bonds is 13. The van der Waals surface area contributed by atoms with E-state index < -0.39 is 17.7 Å². The van der Waals surface area contributed by atoms with Crippen molar-refractivity contribution in [3.8, 4) is 18.2 Å². The van der Waals surface area contributed by atoms with Gasteiger partial charge in [-0.05, 0) is 86.1 Å². The van der Waals surface area contributed by atoms with E-state index in [2.05, 4.69) is 49.9 Å². The second-order valence-electron chi connectivity index (χ2n) is 12.1. The van der Waals surface area contributed by atoms with Gasteiger partial charge >= 0.3 is 0 Å². The van der Waals surface area contributed by atoms with Crippen LogP contribution in [-0.2, 0) is 0 Å². The van der Waals surface area contributed by atoms with Gasteiger partial charge in [0.05, 0.1) is 48.7 Å². The maximum Gasteiger partial charge on any atom is 0.275 e. The van der Waals surface area contributed by atoms with Gasteiger partial charge in [-0.1, -0.05) is 0 Å². The zero-order valence-corrected chi connectivity index (χ0v) is 26.3. The van der Waals surface area contributed by atoms with E-state index in [1.165, 1.54) is 12.1 Å². The first-order chi connectivity index (χ1) is 23.8. The third-order valence-corrected chi connectivity index (χ3v) is 8.56. The van der Waals surface area contributed by atoms with Gasteiger partial charge < -0.3 is 16.4 Å². The number of nitriles is 3. The smallest absolute Gasteiger partial charge is 0.275 e. The molecule has 15 nitrogen and oxygen atoms in total. The van der Waals surface area contributed by atoms with E-state index in [1.54, 1.807) is 58.2 Å².